The molecule has 3 aromatic rings. The third kappa shape index (κ3) is 2.54. The van der Waals surface area contributed by atoms with E-state index in [1.807, 2.05) is 52.1 Å². The van der Waals surface area contributed by atoms with Crippen LogP contribution in [0.4, 0.5) is 0 Å². The normalized spacial score (nSPS) is 14.3. The van der Waals surface area contributed by atoms with Crippen molar-refractivity contribution in [3.63, 3.8) is 0 Å². The molecule has 0 aliphatic carbocycles. The number of imidazole rings is 1. The molecule has 0 unspecified atom stereocenters. The first-order chi connectivity index (χ1) is 11.3. The molecular formula is C18H17N3O2. The van der Waals surface area contributed by atoms with Crippen molar-refractivity contribution < 1.29 is 9.21 Å². The molecule has 1 aromatic carbocycles. The lowest BCUT2D eigenvalue weighted by Crippen LogP contribution is -2.27. The average Bonchev–Trinajstić information content (AvgIpc) is 3.35. The maximum absolute atomic E-state index is 12.4. The molecule has 2 aromatic heterocycles. The van der Waals surface area contributed by atoms with Crippen molar-refractivity contribution in [2.75, 3.05) is 13.1 Å². The Kier molecular flexibility index (Phi) is 3.46. The van der Waals surface area contributed by atoms with E-state index in [9.17, 15) is 4.79 Å². The van der Waals surface area contributed by atoms with Gasteiger partial charge in [-0.2, -0.15) is 0 Å². The highest BCUT2D eigenvalue weighted by atomic mass is 16.4. The van der Waals surface area contributed by atoms with Gasteiger partial charge in [0.15, 0.2) is 5.76 Å². The number of amides is 1. The van der Waals surface area contributed by atoms with Crippen molar-refractivity contribution in [1.29, 1.82) is 0 Å². The van der Waals surface area contributed by atoms with Gasteiger partial charge in [0.05, 0.1) is 0 Å². The number of carbonyl (C=O) groups excluding carboxylic acids is 1. The van der Waals surface area contributed by atoms with E-state index in [1.165, 1.54) is 0 Å². The molecule has 5 nitrogen and oxygen atoms in total. The molecule has 23 heavy (non-hydrogen) atoms. The lowest BCUT2D eigenvalue weighted by atomic mass is 10.2. The van der Waals surface area contributed by atoms with Gasteiger partial charge in [-0.25, -0.2) is 4.98 Å². The summed E-state index contributed by atoms with van der Waals surface area (Å²) in [5.74, 6) is 1.74. The molecule has 5 heteroatoms. The van der Waals surface area contributed by atoms with E-state index in [0.717, 1.165) is 37.3 Å². The van der Waals surface area contributed by atoms with Crippen molar-refractivity contribution in [2.24, 2.45) is 0 Å². The minimum atomic E-state index is -0.0323. The molecule has 1 aliphatic rings. The second-order valence-corrected chi connectivity index (χ2v) is 5.62. The van der Waals surface area contributed by atoms with Crippen molar-refractivity contribution in [2.45, 2.75) is 12.8 Å². The van der Waals surface area contributed by atoms with Crippen LogP contribution in [0.5, 0.6) is 0 Å². The summed E-state index contributed by atoms with van der Waals surface area (Å²) in [6, 6.07) is 13.5. The highest BCUT2D eigenvalue weighted by Gasteiger charge is 2.22. The van der Waals surface area contributed by atoms with Crippen LogP contribution in [0, 0.1) is 0 Å². The Morgan fingerprint density at radius 1 is 1.04 bits per heavy atom. The Balaban J connectivity index is 1.65. The highest BCUT2D eigenvalue weighted by Crippen LogP contribution is 2.23. The van der Waals surface area contributed by atoms with Crippen molar-refractivity contribution >= 4 is 5.91 Å². The summed E-state index contributed by atoms with van der Waals surface area (Å²) in [6.45, 7) is 1.63. The molecule has 1 aliphatic heterocycles. The van der Waals surface area contributed by atoms with Crippen LogP contribution in [-0.2, 0) is 0 Å². The fourth-order valence-electron chi connectivity index (χ4n) is 2.93. The molecule has 4 rings (SSSR count). The lowest BCUT2D eigenvalue weighted by molar-refractivity contribution is 0.0761. The molecule has 116 valence electrons. The van der Waals surface area contributed by atoms with E-state index in [0.29, 0.717) is 11.6 Å². The molecule has 3 heterocycles. The summed E-state index contributed by atoms with van der Waals surface area (Å²) in [5, 5.41) is 0. The summed E-state index contributed by atoms with van der Waals surface area (Å²) in [6.07, 6.45) is 5.70. The Bertz CT molecular complexity index is 814. The predicted molar refractivity (Wildman–Crippen MR) is 86.4 cm³/mol. The lowest BCUT2D eigenvalue weighted by Gasteiger charge is -2.12. The van der Waals surface area contributed by atoms with Crippen LogP contribution < -0.4 is 0 Å². The van der Waals surface area contributed by atoms with E-state index in [1.54, 1.807) is 12.3 Å². The third-order valence-corrected chi connectivity index (χ3v) is 4.11. The van der Waals surface area contributed by atoms with Gasteiger partial charge in [0, 0.05) is 37.1 Å². The number of likely N-dealkylation sites (tertiary alicyclic amines) is 1. The first kappa shape index (κ1) is 13.8. The Morgan fingerprint density at radius 3 is 2.61 bits per heavy atom. The molecule has 0 bridgehead atoms. The van der Waals surface area contributed by atoms with Gasteiger partial charge in [0.1, 0.15) is 5.82 Å². The molecular weight excluding hydrogens is 290 g/mol. The van der Waals surface area contributed by atoms with Gasteiger partial charge in [-0.05, 0) is 18.9 Å². The number of furan rings is 1. The van der Waals surface area contributed by atoms with Gasteiger partial charge < -0.3 is 9.32 Å². The predicted octanol–water partition coefficient (Wildman–Crippen LogP) is 3.37. The van der Waals surface area contributed by atoms with E-state index in [2.05, 4.69) is 4.98 Å². The molecule has 0 radical (unpaired) electrons. The zero-order valence-corrected chi connectivity index (χ0v) is 12.7. The summed E-state index contributed by atoms with van der Waals surface area (Å²) in [7, 11) is 0. The molecule has 0 N–H and O–H groups in total. The fourth-order valence-corrected chi connectivity index (χ4v) is 2.93. The standard InChI is InChI=1S/C18H17N3O2/c22-18(20-11-4-5-12-20)15-8-9-16(23-15)21-13-10-19-17(21)14-6-2-1-3-7-14/h1-3,6-10,13H,4-5,11-12H2. The Morgan fingerprint density at radius 2 is 1.83 bits per heavy atom. The summed E-state index contributed by atoms with van der Waals surface area (Å²) >= 11 is 0. The van der Waals surface area contributed by atoms with Crippen LogP contribution in [-0.4, -0.2) is 33.4 Å². The van der Waals surface area contributed by atoms with Gasteiger partial charge in [0.2, 0.25) is 5.88 Å². The van der Waals surface area contributed by atoms with Crippen LogP contribution in [0.25, 0.3) is 17.3 Å². The SMILES string of the molecule is O=C(c1ccc(-n2ccnc2-c2ccccc2)o1)N1CCCC1. The van der Waals surface area contributed by atoms with E-state index < -0.39 is 0 Å². The maximum atomic E-state index is 12.4. The molecule has 1 fully saturated rings. The summed E-state index contributed by atoms with van der Waals surface area (Å²) in [4.78, 5) is 18.6. The minimum absolute atomic E-state index is 0.0323. The zero-order valence-electron chi connectivity index (χ0n) is 12.7. The largest absolute Gasteiger partial charge is 0.435 e. The van der Waals surface area contributed by atoms with Crippen LogP contribution in [0.15, 0.2) is 59.3 Å². The van der Waals surface area contributed by atoms with Crippen molar-refractivity contribution in [1.82, 2.24) is 14.5 Å². The van der Waals surface area contributed by atoms with Gasteiger partial charge in [-0.1, -0.05) is 30.3 Å². The summed E-state index contributed by atoms with van der Waals surface area (Å²) < 4.78 is 7.65. The highest BCUT2D eigenvalue weighted by molar-refractivity contribution is 5.91. The molecule has 0 atom stereocenters. The first-order valence-corrected chi connectivity index (χ1v) is 7.81. The first-order valence-electron chi connectivity index (χ1n) is 7.81. The molecule has 0 spiro atoms. The maximum Gasteiger partial charge on any atom is 0.289 e. The van der Waals surface area contributed by atoms with Crippen molar-refractivity contribution in [3.05, 3.63) is 60.6 Å². The van der Waals surface area contributed by atoms with Gasteiger partial charge in [0.25, 0.3) is 5.91 Å². The quantitative estimate of drug-likeness (QED) is 0.745. The number of benzene rings is 1. The number of rotatable bonds is 3. The molecule has 1 saturated heterocycles. The Labute approximate surface area is 134 Å². The fraction of sp³-hybridized carbons (Fsp3) is 0.222. The van der Waals surface area contributed by atoms with Crippen LogP contribution in [0.2, 0.25) is 0 Å². The van der Waals surface area contributed by atoms with Crippen LogP contribution in [0.3, 0.4) is 0 Å². The van der Waals surface area contributed by atoms with Crippen LogP contribution in [0.1, 0.15) is 23.4 Å². The second kappa shape index (κ2) is 5.76. The monoisotopic (exact) mass is 307 g/mol. The number of carbonyl (C=O) groups is 1. The number of nitrogens with zero attached hydrogens (tertiary/aromatic N) is 3. The van der Waals surface area contributed by atoms with Gasteiger partial charge >= 0.3 is 0 Å². The second-order valence-electron chi connectivity index (χ2n) is 5.62. The average molecular weight is 307 g/mol. The number of hydrogen-bond donors (Lipinski definition) is 0. The molecule has 1 amide bonds. The number of aromatic nitrogens is 2. The van der Waals surface area contributed by atoms with Gasteiger partial charge in [-0.15, -0.1) is 0 Å². The van der Waals surface area contributed by atoms with E-state index in [-0.39, 0.29) is 5.91 Å². The Hall–Kier alpha value is -2.82. The smallest absolute Gasteiger partial charge is 0.289 e. The van der Waals surface area contributed by atoms with Crippen LogP contribution >= 0.6 is 0 Å². The van der Waals surface area contributed by atoms with E-state index >= 15 is 0 Å². The number of hydrogen-bond acceptors (Lipinski definition) is 3. The van der Waals surface area contributed by atoms with Crippen molar-refractivity contribution in [3.8, 4) is 17.3 Å². The summed E-state index contributed by atoms with van der Waals surface area (Å²) in [5.41, 5.74) is 1.00. The topological polar surface area (TPSA) is 51.3 Å². The third-order valence-electron chi connectivity index (χ3n) is 4.11. The van der Waals surface area contributed by atoms with E-state index in [4.69, 9.17) is 4.42 Å². The minimum Gasteiger partial charge on any atom is -0.435 e. The molecule has 0 saturated carbocycles. The zero-order chi connectivity index (χ0) is 15.6. The van der Waals surface area contributed by atoms with Gasteiger partial charge in [-0.3, -0.25) is 9.36 Å².